The SMILES string of the molecule is COC(=O)c1c(NC(=S)N2C[C@H](C)C[C@@H](C)C2)sc(C)c1C. The van der Waals surface area contributed by atoms with E-state index in [9.17, 15) is 4.79 Å². The average Bonchev–Trinajstić information content (AvgIpc) is 2.72. The van der Waals surface area contributed by atoms with Crippen molar-refractivity contribution in [2.45, 2.75) is 34.1 Å². The minimum atomic E-state index is -0.312. The molecule has 22 heavy (non-hydrogen) atoms. The number of thiophene rings is 1. The predicted molar refractivity (Wildman–Crippen MR) is 95.9 cm³/mol. The van der Waals surface area contributed by atoms with Gasteiger partial charge in [0.1, 0.15) is 5.00 Å². The van der Waals surface area contributed by atoms with Crippen LogP contribution in [-0.4, -0.2) is 36.2 Å². The zero-order chi connectivity index (χ0) is 16.4. The van der Waals surface area contributed by atoms with Crippen molar-refractivity contribution in [2.75, 3.05) is 25.5 Å². The smallest absolute Gasteiger partial charge is 0.341 e. The molecule has 0 aliphatic carbocycles. The molecule has 4 nitrogen and oxygen atoms in total. The van der Waals surface area contributed by atoms with Gasteiger partial charge in [0.25, 0.3) is 0 Å². The molecule has 0 saturated carbocycles. The number of aryl methyl sites for hydroxylation is 1. The molecule has 0 spiro atoms. The molecule has 1 aliphatic heterocycles. The molecule has 0 unspecified atom stereocenters. The summed E-state index contributed by atoms with van der Waals surface area (Å²) in [5.74, 6) is 0.957. The zero-order valence-corrected chi connectivity index (χ0v) is 15.5. The van der Waals surface area contributed by atoms with Gasteiger partial charge < -0.3 is 15.0 Å². The number of carbonyl (C=O) groups excluding carboxylic acids is 1. The van der Waals surface area contributed by atoms with Crippen molar-refractivity contribution in [3.63, 3.8) is 0 Å². The van der Waals surface area contributed by atoms with Gasteiger partial charge >= 0.3 is 5.97 Å². The molecule has 6 heteroatoms. The highest BCUT2D eigenvalue weighted by Crippen LogP contribution is 2.33. The summed E-state index contributed by atoms with van der Waals surface area (Å²) >= 11 is 7.12. The predicted octanol–water partition coefficient (Wildman–Crippen LogP) is 3.83. The number of esters is 1. The van der Waals surface area contributed by atoms with Crippen LogP contribution in [-0.2, 0) is 4.74 Å². The van der Waals surface area contributed by atoms with Gasteiger partial charge in [-0.05, 0) is 49.9 Å². The Morgan fingerprint density at radius 2 is 1.91 bits per heavy atom. The molecule has 0 amide bonds. The molecule has 2 atom stereocenters. The van der Waals surface area contributed by atoms with Crippen LogP contribution in [0.5, 0.6) is 0 Å². The highest BCUT2D eigenvalue weighted by Gasteiger charge is 2.26. The number of methoxy groups -OCH3 is 1. The van der Waals surface area contributed by atoms with Gasteiger partial charge in [-0.3, -0.25) is 0 Å². The van der Waals surface area contributed by atoms with Crippen LogP contribution in [0.15, 0.2) is 0 Å². The number of nitrogens with one attached hydrogen (secondary N) is 1. The minimum Gasteiger partial charge on any atom is -0.465 e. The molecule has 0 aromatic carbocycles. The molecular formula is C16H24N2O2S2. The van der Waals surface area contributed by atoms with E-state index in [1.54, 1.807) is 11.3 Å². The van der Waals surface area contributed by atoms with E-state index in [4.69, 9.17) is 17.0 Å². The molecule has 2 heterocycles. The molecule has 1 N–H and O–H groups in total. The standard InChI is InChI=1S/C16H24N2O2S2/c1-9-6-10(2)8-18(7-9)16(21)17-14-13(15(19)20-5)11(3)12(4)22-14/h9-10H,6-8H2,1-5H3,(H,17,21)/t9-,10-/m1/s1. The molecule has 122 valence electrons. The zero-order valence-electron chi connectivity index (χ0n) is 13.9. The van der Waals surface area contributed by atoms with E-state index in [0.717, 1.165) is 28.5 Å². The minimum absolute atomic E-state index is 0.312. The number of hydrogen-bond acceptors (Lipinski definition) is 4. The van der Waals surface area contributed by atoms with Crippen LogP contribution in [0, 0.1) is 25.7 Å². The van der Waals surface area contributed by atoms with Crippen molar-refractivity contribution in [3.8, 4) is 0 Å². The fraction of sp³-hybridized carbons (Fsp3) is 0.625. The van der Waals surface area contributed by atoms with Crippen molar-refractivity contribution in [2.24, 2.45) is 11.8 Å². The third-order valence-corrected chi connectivity index (χ3v) is 5.63. The molecule has 1 fully saturated rings. The van der Waals surface area contributed by atoms with E-state index >= 15 is 0 Å². The molecule has 1 aromatic rings. The molecule has 0 bridgehead atoms. The van der Waals surface area contributed by atoms with E-state index in [-0.39, 0.29) is 5.97 Å². The van der Waals surface area contributed by atoms with Crippen LogP contribution in [0.3, 0.4) is 0 Å². The summed E-state index contributed by atoms with van der Waals surface area (Å²) in [6, 6.07) is 0. The Bertz CT molecular complexity index is 573. The summed E-state index contributed by atoms with van der Waals surface area (Å²) < 4.78 is 4.90. The Balaban J connectivity index is 2.18. The Morgan fingerprint density at radius 3 is 2.45 bits per heavy atom. The van der Waals surface area contributed by atoms with Crippen LogP contribution in [0.1, 0.15) is 41.1 Å². The first-order chi connectivity index (χ1) is 10.3. The fourth-order valence-electron chi connectivity index (χ4n) is 3.07. The van der Waals surface area contributed by atoms with E-state index in [2.05, 4.69) is 24.1 Å². The van der Waals surface area contributed by atoms with Gasteiger partial charge in [0.2, 0.25) is 0 Å². The number of piperidine rings is 1. The van der Waals surface area contributed by atoms with Crippen molar-refractivity contribution < 1.29 is 9.53 Å². The summed E-state index contributed by atoms with van der Waals surface area (Å²) in [5, 5.41) is 4.76. The lowest BCUT2D eigenvalue weighted by molar-refractivity contribution is 0.0601. The van der Waals surface area contributed by atoms with E-state index < -0.39 is 0 Å². The second kappa shape index (κ2) is 6.96. The largest absolute Gasteiger partial charge is 0.465 e. The summed E-state index contributed by atoms with van der Waals surface area (Å²) in [5.41, 5.74) is 1.56. The Morgan fingerprint density at radius 1 is 1.32 bits per heavy atom. The monoisotopic (exact) mass is 340 g/mol. The van der Waals surface area contributed by atoms with Crippen LogP contribution >= 0.6 is 23.6 Å². The number of thiocarbonyl (C=S) groups is 1. The van der Waals surface area contributed by atoms with Crippen LogP contribution in [0.4, 0.5) is 5.00 Å². The lowest BCUT2D eigenvalue weighted by atomic mass is 9.92. The van der Waals surface area contributed by atoms with Gasteiger partial charge in [0, 0.05) is 18.0 Å². The Kier molecular flexibility index (Phi) is 5.45. The maximum Gasteiger partial charge on any atom is 0.341 e. The summed E-state index contributed by atoms with van der Waals surface area (Å²) in [7, 11) is 1.41. The number of carbonyl (C=O) groups is 1. The van der Waals surface area contributed by atoms with Gasteiger partial charge in [-0.15, -0.1) is 11.3 Å². The van der Waals surface area contributed by atoms with Crippen molar-refractivity contribution in [1.29, 1.82) is 0 Å². The number of nitrogens with zero attached hydrogens (tertiary/aromatic N) is 1. The second-order valence-corrected chi connectivity index (χ2v) is 7.87. The van der Waals surface area contributed by atoms with Gasteiger partial charge in [-0.1, -0.05) is 13.8 Å². The van der Waals surface area contributed by atoms with Crippen LogP contribution in [0.25, 0.3) is 0 Å². The third-order valence-electron chi connectivity index (χ3n) is 4.15. The molecule has 1 saturated heterocycles. The molecule has 1 aliphatic rings. The van der Waals surface area contributed by atoms with Gasteiger partial charge in [0.05, 0.1) is 12.7 Å². The molecular weight excluding hydrogens is 316 g/mol. The van der Waals surface area contributed by atoms with E-state index in [1.807, 2.05) is 13.8 Å². The summed E-state index contributed by atoms with van der Waals surface area (Å²) in [6.07, 6.45) is 1.24. The summed E-state index contributed by atoms with van der Waals surface area (Å²) in [4.78, 5) is 15.3. The summed E-state index contributed by atoms with van der Waals surface area (Å²) in [6.45, 7) is 10.4. The first-order valence-corrected chi connectivity index (χ1v) is 8.80. The lowest BCUT2D eigenvalue weighted by Crippen LogP contribution is -2.44. The number of likely N-dealkylation sites (tertiary alicyclic amines) is 1. The normalized spacial score (nSPS) is 21.6. The first-order valence-electron chi connectivity index (χ1n) is 7.57. The van der Waals surface area contributed by atoms with E-state index in [0.29, 0.717) is 22.5 Å². The number of rotatable bonds is 2. The van der Waals surface area contributed by atoms with Crippen molar-refractivity contribution in [3.05, 3.63) is 16.0 Å². The van der Waals surface area contributed by atoms with Gasteiger partial charge in [-0.2, -0.15) is 0 Å². The number of anilines is 1. The van der Waals surface area contributed by atoms with Crippen LogP contribution < -0.4 is 5.32 Å². The quantitative estimate of drug-likeness (QED) is 0.655. The highest BCUT2D eigenvalue weighted by atomic mass is 32.1. The van der Waals surface area contributed by atoms with Gasteiger partial charge in [-0.25, -0.2) is 4.79 Å². The lowest BCUT2D eigenvalue weighted by Gasteiger charge is -2.36. The van der Waals surface area contributed by atoms with Crippen molar-refractivity contribution in [1.82, 2.24) is 4.90 Å². The van der Waals surface area contributed by atoms with E-state index in [1.165, 1.54) is 13.5 Å². The fourth-order valence-corrected chi connectivity index (χ4v) is 4.43. The van der Waals surface area contributed by atoms with Crippen LogP contribution in [0.2, 0.25) is 0 Å². The topological polar surface area (TPSA) is 41.6 Å². The molecule has 2 rings (SSSR count). The maximum absolute atomic E-state index is 12.0. The Hall–Kier alpha value is -1.14. The molecule has 0 radical (unpaired) electrons. The third kappa shape index (κ3) is 3.60. The number of ether oxygens (including phenoxy) is 1. The van der Waals surface area contributed by atoms with Crippen molar-refractivity contribution >= 4 is 39.6 Å². The maximum atomic E-state index is 12.0. The average molecular weight is 341 g/mol. The first kappa shape index (κ1) is 17.2. The highest BCUT2D eigenvalue weighted by molar-refractivity contribution is 7.80. The number of hydrogen-bond donors (Lipinski definition) is 1. The van der Waals surface area contributed by atoms with Gasteiger partial charge in [0.15, 0.2) is 5.11 Å². The second-order valence-electron chi connectivity index (χ2n) is 6.26. The Labute approximate surface area is 141 Å². The molecule has 1 aromatic heterocycles.